The first-order valence-corrected chi connectivity index (χ1v) is 18.2. The van der Waals surface area contributed by atoms with Crippen molar-refractivity contribution in [2.45, 2.75) is 62.2 Å². The second kappa shape index (κ2) is 13.8. The van der Waals surface area contributed by atoms with E-state index in [1.54, 1.807) is 6.07 Å². The summed E-state index contributed by atoms with van der Waals surface area (Å²) < 4.78 is 0. The molecule has 2 aromatic rings. The molecular formula is C20H28B2I2O2P2S2. The van der Waals surface area contributed by atoms with Gasteiger partial charge in [-0.25, -0.2) is 0 Å². The number of hydrogen-bond donors (Lipinski definition) is 4. The van der Waals surface area contributed by atoms with Crippen LogP contribution in [-0.2, 0) is 10.8 Å². The van der Waals surface area contributed by atoms with E-state index in [4.69, 9.17) is 15.1 Å². The maximum absolute atomic E-state index is 9.93. The molecule has 2 aromatic carbocycles. The molecule has 0 saturated carbocycles. The molecule has 0 heterocycles. The third-order valence-electron chi connectivity index (χ3n) is 3.95. The molecule has 2 unspecified atom stereocenters. The SMILES string of the molecule is CC(C)(C)c1cccc(S)c1O.[B]P(I)c1cc(S)c(O)c(C(C)(C)C)c1.[B]PI. The van der Waals surface area contributed by atoms with E-state index in [9.17, 15) is 10.2 Å². The molecule has 0 spiro atoms. The first kappa shape index (κ1) is 31.2. The van der Waals surface area contributed by atoms with E-state index in [2.05, 4.69) is 111 Å². The van der Waals surface area contributed by atoms with Crippen LogP contribution in [0, 0.1) is 0 Å². The summed E-state index contributed by atoms with van der Waals surface area (Å²) in [7, 11) is 10.7. The van der Waals surface area contributed by atoms with Crippen molar-refractivity contribution in [3.05, 3.63) is 41.5 Å². The zero-order chi connectivity index (χ0) is 23.9. The fourth-order valence-corrected chi connectivity index (χ4v) is 4.34. The van der Waals surface area contributed by atoms with Crippen LogP contribution in [-0.4, -0.2) is 25.3 Å². The Balaban J connectivity index is 0.000000505. The third-order valence-corrected chi connectivity index (χ3v) is 7.08. The Bertz CT molecular complexity index is 828. The Morgan fingerprint density at radius 1 is 0.900 bits per heavy atom. The van der Waals surface area contributed by atoms with Gasteiger partial charge in [0.25, 0.3) is 0 Å². The maximum atomic E-state index is 9.93. The monoisotopic (exact) mass is 702 g/mol. The minimum Gasteiger partial charge on any atom is -0.506 e. The predicted octanol–water partition coefficient (Wildman–Crippen LogP) is 7.60. The van der Waals surface area contributed by atoms with Gasteiger partial charge >= 0.3 is 0 Å². The summed E-state index contributed by atoms with van der Waals surface area (Å²) in [5.74, 6) is 0.566. The van der Waals surface area contributed by atoms with E-state index < -0.39 is 5.44 Å². The molecule has 0 bridgehead atoms. The quantitative estimate of drug-likeness (QED) is 0.107. The minimum absolute atomic E-state index is 0.0250. The molecule has 0 saturated heterocycles. The summed E-state index contributed by atoms with van der Waals surface area (Å²) in [4.78, 5) is 1.24. The van der Waals surface area contributed by atoms with Gasteiger partial charge in [0.05, 0.1) is 0 Å². The smallest absolute Gasteiger partial charge is 0.132 e. The van der Waals surface area contributed by atoms with Crippen LogP contribution in [0.5, 0.6) is 11.5 Å². The second-order valence-corrected chi connectivity index (χ2v) is 15.8. The summed E-state index contributed by atoms with van der Waals surface area (Å²) >= 11 is 12.7. The average Bonchev–Trinajstić information content (AvgIpc) is 2.58. The van der Waals surface area contributed by atoms with E-state index in [1.807, 2.05) is 24.3 Å². The van der Waals surface area contributed by atoms with Gasteiger partial charge in [-0.05, 0) is 34.3 Å². The maximum Gasteiger partial charge on any atom is 0.132 e. The molecule has 2 rings (SSSR count). The summed E-state index contributed by atoms with van der Waals surface area (Å²) in [5, 5.41) is 20.6. The Labute approximate surface area is 224 Å². The van der Waals surface area contributed by atoms with Crippen molar-refractivity contribution in [1.82, 2.24) is 0 Å². The van der Waals surface area contributed by atoms with Crippen LogP contribution in [0.2, 0.25) is 0 Å². The molecule has 2 nitrogen and oxygen atoms in total. The number of benzene rings is 2. The van der Waals surface area contributed by atoms with E-state index >= 15 is 0 Å². The van der Waals surface area contributed by atoms with Crippen LogP contribution in [0.25, 0.3) is 0 Å². The fraction of sp³-hybridized carbons (Fsp3) is 0.400. The summed E-state index contributed by atoms with van der Waals surface area (Å²) in [6.45, 7) is 12.4. The van der Waals surface area contributed by atoms with Gasteiger partial charge in [-0.2, -0.15) is 0 Å². The summed E-state index contributed by atoms with van der Waals surface area (Å²) in [6, 6.07) is 9.43. The van der Waals surface area contributed by atoms with Gasteiger partial charge in [-0.1, -0.05) is 103 Å². The predicted molar refractivity (Wildman–Crippen MR) is 163 cm³/mol. The lowest BCUT2D eigenvalue weighted by molar-refractivity contribution is 0.434. The third kappa shape index (κ3) is 10.4. The average molecular weight is 702 g/mol. The molecular weight excluding hydrogens is 674 g/mol. The topological polar surface area (TPSA) is 40.5 Å². The van der Waals surface area contributed by atoms with Crippen molar-refractivity contribution in [3.63, 3.8) is 0 Å². The summed E-state index contributed by atoms with van der Waals surface area (Å²) in [6.07, 6.45) is 0.553. The van der Waals surface area contributed by atoms with Gasteiger partial charge in [0, 0.05) is 20.9 Å². The van der Waals surface area contributed by atoms with Crippen LogP contribution < -0.4 is 5.30 Å². The van der Waals surface area contributed by atoms with Crippen LogP contribution in [0.3, 0.4) is 0 Å². The number of rotatable bonds is 1. The zero-order valence-corrected chi connectivity index (χ0v) is 26.0. The molecule has 4 radical (unpaired) electrons. The van der Waals surface area contributed by atoms with Gasteiger partial charge in [0.15, 0.2) is 0 Å². The molecule has 0 aliphatic carbocycles. The van der Waals surface area contributed by atoms with E-state index in [-0.39, 0.29) is 16.6 Å². The van der Waals surface area contributed by atoms with Crippen molar-refractivity contribution in [3.8, 4) is 11.5 Å². The Morgan fingerprint density at radius 2 is 1.33 bits per heavy atom. The minimum atomic E-state index is -0.678. The number of halogens is 2. The van der Waals surface area contributed by atoms with Crippen molar-refractivity contribution < 1.29 is 10.2 Å². The Morgan fingerprint density at radius 3 is 1.70 bits per heavy atom. The highest BCUT2D eigenvalue weighted by molar-refractivity contribution is 14.2. The number of phenols is 2. The molecule has 0 aliphatic rings. The highest BCUT2D eigenvalue weighted by Crippen LogP contribution is 2.42. The van der Waals surface area contributed by atoms with E-state index in [1.165, 1.54) is 0 Å². The molecule has 0 aromatic heterocycles. The standard InChI is InChI=1S/C10H13BIOPS.C10H14OS.BHIP/c1-10(2,3)7-4-6(14(11)12)5-8(15)9(7)13;1-10(2,3)7-5-4-6-8(12)9(7)11;1-3-2/h4-5,13,15H,1-3H3;4-6,11-12H,1-3H3;3H. The number of aromatic hydroxyl groups is 2. The van der Waals surface area contributed by atoms with Crippen LogP contribution in [0.4, 0.5) is 0 Å². The van der Waals surface area contributed by atoms with Crippen LogP contribution >= 0.6 is 80.9 Å². The van der Waals surface area contributed by atoms with Crippen LogP contribution in [0.15, 0.2) is 40.1 Å². The second-order valence-electron chi connectivity index (χ2n) is 8.45. The molecule has 0 fully saturated rings. The number of phenolic OH excluding ortho intramolecular Hbond substituents is 2. The van der Waals surface area contributed by atoms with Crippen LogP contribution in [0.1, 0.15) is 52.7 Å². The molecule has 2 N–H and O–H groups in total. The van der Waals surface area contributed by atoms with Crippen molar-refractivity contribution >= 4 is 101 Å². The highest BCUT2D eigenvalue weighted by atomic mass is 127. The molecule has 2 atom stereocenters. The molecule has 10 heteroatoms. The highest BCUT2D eigenvalue weighted by Gasteiger charge is 2.21. The van der Waals surface area contributed by atoms with E-state index in [0.29, 0.717) is 21.6 Å². The first-order valence-electron chi connectivity index (χ1n) is 8.92. The van der Waals surface area contributed by atoms with Gasteiger partial charge < -0.3 is 10.2 Å². The largest absolute Gasteiger partial charge is 0.506 e. The Hall–Kier alpha value is 1.19. The number of hydrogen-bond acceptors (Lipinski definition) is 4. The fourth-order valence-electron chi connectivity index (χ4n) is 2.44. The molecule has 162 valence electrons. The lowest BCUT2D eigenvalue weighted by atomic mass is 9.86. The lowest BCUT2D eigenvalue weighted by Crippen LogP contribution is -2.14. The van der Waals surface area contributed by atoms with Gasteiger partial charge in [-0.3, -0.25) is 0 Å². The first-order chi connectivity index (χ1) is 13.6. The Kier molecular flexibility index (Phi) is 14.3. The van der Waals surface area contributed by atoms with E-state index in [0.717, 1.165) is 16.4 Å². The lowest BCUT2D eigenvalue weighted by Gasteiger charge is -2.23. The van der Waals surface area contributed by atoms with Gasteiger partial charge in [0.2, 0.25) is 0 Å². The summed E-state index contributed by atoms with van der Waals surface area (Å²) in [5.41, 5.74) is 1.04. The van der Waals surface area contributed by atoms with Crippen molar-refractivity contribution in [2.24, 2.45) is 0 Å². The molecule has 0 amide bonds. The molecule has 30 heavy (non-hydrogen) atoms. The van der Waals surface area contributed by atoms with Crippen molar-refractivity contribution in [2.75, 3.05) is 0 Å². The molecule has 0 aliphatic heterocycles. The zero-order valence-electron chi connectivity index (χ0n) is 18.0. The number of para-hydroxylation sites is 1. The number of thiol groups is 2. The van der Waals surface area contributed by atoms with Crippen molar-refractivity contribution in [1.29, 1.82) is 0 Å². The van der Waals surface area contributed by atoms with Gasteiger partial charge in [0.1, 0.15) is 26.6 Å². The van der Waals surface area contributed by atoms with Gasteiger partial charge in [-0.15, -0.1) is 31.4 Å². The normalized spacial score (nSPS) is 12.6.